The van der Waals surface area contributed by atoms with Crippen molar-refractivity contribution in [3.63, 3.8) is 0 Å². The summed E-state index contributed by atoms with van der Waals surface area (Å²) in [5.41, 5.74) is 1.05. The van der Waals surface area contributed by atoms with Crippen LogP contribution in [0.25, 0.3) is 0 Å². The van der Waals surface area contributed by atoms with Crippen LogP contribution in [-0.4, -0.2) is 45.8 Å². The van der Waals surface area contributed by atoms with Crippen molar-refractivity contribution in [2.75, 3.05) is 6.61 Å². The number of carboxylic acids is 1. The Hall–Kier alpha value is -1.60. The molecule has 110 valence electrons. The summed E-state index contributed by atoms with van der Waals surface area (Å²) in [6, 6.07) is 0.727. The van der Waals surface area contributed by atoms with Crippen LogP contribution in [0, 0.1) is 0 Å². The number of hydrogen-bond donors (Lipinski definition) is 3. The summed E-state index contributed by atoms with van der Waals surface area (Å²) in [6.07, 6.45) is 1.92. The van der Waals surface area contributed by atoms with Crippen molar-refractivity contribution in [3.05, 3.63) is 22.4 Å². The summed E-state index contributed by atoms with van der Waals surface area (Å²) in [5, 5.41) is 24.3. The van der Waals surface area contributed by atoms with Crippen molar-refractivity contribution < 1.29 is 19.8 Å². The fraction of sp³-hybridized carbons (Fsp3) is 0.538. The number of aliphatic carboxylic acids is 1. The van der Waals surface area contributed by atoms with Crippen molar-refractivity contribution in [3.8, 4) is 0 Å². The molecular weight excluding hydrogens is 280 g/mol. The zero-order valence-electron chi connectivity index (χ0n) is 11.0. The number of nitrogens with zero attached hydrogens (tertiary/aromatic N) is 1. The van der Waals surface area contributed by atoms with Gasteiger partial charge in [-0.05, 0) is 35.2 Å². The number of aliphatic hydroxyl groups is 1. The number of thiophene rings is 1. The monoisotopic (exact) mass is 298 g/mol. The van der Waals surface area contributed by atoms with Crippen LogP contribution in [-0.2, 0) is 11.3 Å². The van der Waals surface area contributed by atoms with Gasteiger partial charge in [-0.1, -0.05) is 0 Å². The number of carbonyl (C=O) groups is 2. The van der Waals surface area contributed by atoms with Crippen LogP contribution in [0.1, 0.15) is 24.8 Å². The standard InChI is InChI=1S/C13H18N2O4S/c16-5-3-11(12(17)18)14-13(19)15(10-1-2-10)7-9-4-6-20-8-9/h4,6,8,10-11,16H,1-3,5,7H2,(H,14,19)(H,17,18). The van der Waals surface area contributed by atoms with E-state index in [0.29, 0.717) is 6.54 Å². The Morgan fingerprint density at radius 3 is 2.75 bits per heavy atom. The third kappa shape index (κ3) is 3.94. The first-order valence-corrected chi connectivity index (χ1v) is 7.48. The first kappa shape index (κ1) is 14.8. The summed E-state index contributed by atoms with van der Waals surface area (Å²) in [5.74, 6) is -1.13. The molecule has 1 aromatic heterocycles. The van der Waals surface area contributed by atoms with Gasteiger partial charge in [0, 0.05) is 25.6 Å². The molecule has 1 aliphatic rings. The SMILES string of the molecule is O=C(O)C(CCO)NC(=O)N(Cc1ccsc1)C1CC1. The first-order valence-electron chi connectivity index (χ1n) is 6.53. The third-order valence-corrected chi connectivity index (χ3v) is 3.93. The van der Waals surface area contributed by atoms with Crippen LogP contribution in [0.2, 0.25) is 0 Å². The second-order valence-electron chi connectivity index (χ2n) is 4.84. The van der Waals surface area contributed by atoms with Crippen molar-refractivity contribution in [1.82, 2.24) is 10.2 Å². The maximum atomic E-state index is 12.2. The molecule has 1 aromatic rings. The second-order valence-corrected chi connectivity index (χ2v) is 5.62. The van der Waals surface area contributed by atoms with Crippen LogP contribution < -0.4 is 5.32 Å². The highest BCUT2D eigenvalue weighted by Crippen LogP contribution is 2.28. The number of rotatable bonds is 7. The van der Waals surface area contributed by atoms with Crippen LogP contribution >= 0.6 is 11.3 Å². The molecule has 1 atom stereocenters. The Bertz CT molecular complexity index is 459. The van der Waals surface area contributed by atoms with Gasteiger partial charge in [0.2, 0.25) is 0 Å². The molecule has 1 aliphatic carbocycles. The van der Waals surface area contributed by atoms with Gasteiger partial charge in [-0.2, -0.15) is 11.3 Å². The van der Waals surface area contributed by atoms with E-state index in [1.807, 2.05) is 16.8 Å². The summed E-state index contributed by atoms with van der Waals surface area (Å²) < 4.78 is 0. The zero-order valence-corrected chi connectivity index (χ0v) is 11.8. The van der Waals surface area contributed by atoms with E-state index in [-0.39, 0.29) is 25.1 Å². The minimum absolute atomic E-state index is 0.0119. The molecule has 1 heterocycles. The molecule has 0 radical (unpaired) electrons. The average molecular weight is 298 g/mol. The highest BCUT2D eigenvalue weighted by molar-refractivity contribution is 7.07. The van der Waals surface area contributed by atoms with Gasteiger partial charge >= 0.3 is 12.0 Å². The van der Waals surface area contributed by atoms with Crippen LogP contribution in [0.3, 0.4) is 0 Å². The van der Waals surface area contributed by atoms with Gasteiger partial charge in [0.25, 0.3) is 0 Å². The average Bonchev–Trinajstić information content (AvgIpc) is 3.12. The summed E-state index contributed by atoms with van der Waals surface area (Å²) in [6.45, 7) is 0.219. The first-order chi connectivity index (χ1) is 9.61. The van der Waals surface area contributed by atoms with Gasteiger partial charge in [-0.3, -0.25) is 0 Å². The number of hydrogen-bond acceptors (Lipinski definition) is 4. The number of aliphatic hydroxyl groups excluding tert-OH is 1. The van der Waals surface area contributed by atoms with E-state index >= 15 is 0 Å². The Kier molecular flexibility index (Phi) is 4.97. The lowest BCUT2D eigenvalue weighted by atomic mass is 10.2. The predicted molar refractivity (Wildman–Crippen MR) is 74.5 cm³/mol. The highest BCUT2D eigenvalue weighted by Gasteiger charge is 2.34. The summed E-state index contributed by atoms with van der Waals surface area (Å²) >= 11 is 1.57. The Morgan fingerprint density at radius 2 is 2.25 bits per heavy atom. The van der Waals surface area contributed by atoms with E-state index in [4.69, 9.17) is 10.2 Å². The Balaban J connectivity index is 1.97. The molecule has 0 saturated heterocycles. The van der Waals surface area contributed by atoms with E-state index in [0.717, 1.165) is 18.4 Å². The molecule has 6 nitrogen and oxygen atoms in total. The Morgan fingerprint density at radius 1 is 1.50 bits per heavy atom. The van der Waals surface area contributed by atoms with Crippen molar-refractivity contribution in [1.29, 1.82) is 0 Å². The van der Waals surface area contributed by atoms with E-state index in [9.17, 15) is 9.59 Å². The second kappa shape index (κ2) is 6.71. The number of carbonyl (C=O) groups excluding carboxylic acids is 1. The molecule has 2 rings (SSSR count). The lowest BCUT2D eigenvalue weighted by Crippen LogP contribution is -2.48. The van der Waals surface area contributed by atoms with Crippen LogP contribution in [0.5, 0.6) is 0 Å². The molecule has 20 heavy (non-hydrogen) atoms. The predicted octanol–water partition coefficient (Wildman–Crippen LogP) is 1.26. The number of amides is 2. The molecule has 0 bridgehead atoms. The van der Waals surface area contributed by atoms with Crippen molar-refractivity contribution >= 4 is 23.3 Å². The van der Waals surface area contributed by atoms with Gasteiger partial charge in [-0.25, -0.2) is 9.59 Å². The molecule has 0 spiro atoms. The van der Waals surface area contributed by atoms with E-state index < -0.39 is 12.0 Å². The molecule has 1 saturated carbocycles. The molecular formula is C13H18N2O4S. The molecule has 0 aliphatic heterocycles. The zero-order chi connectivity index (χ0) is 14.5. The van der Waals surface area contributed by atoms with Crippen LogP contribution in [0.4, 0.5) is 4.79 Å². The maximum absolute atomic E-state index is 12.2. The molecule has 3 N–H and O–H groups in total. The lowest BCUT2D eigenvalue weighted by molar-refractivity contribution is -0.139. The van der Waals surface area contributed by atoms with E-state index in [1.54, 1.807) is 16.2 Å². The summed E-state index contributed by atoms with van der Waals surface area (Å²) in [4.78, 5) is 24.9. The largest absolute Gasteiger partial charge is 0.480 e. The van der Waals surface area contributed by atoms with Gasteiger partial charge in [-0.15, -0.1) is 0 Å². The van der Waals surface area contributed by atoms with Gasteiger partial charge in [0.15, 0.2) is 0 Å². The van der Waals surface area contributed by atoms with E-state index in [1.165, 1.54) is 0 Å². The Labute approximate surface area is 121 Å². The molecule has 1 unspecified atom stereocenters. The number of nitrogens with one attached hydrogen (secondary N) is 1. The van der Waals surface area contributed by atoms with E-state index in [2.05, 4.69) is 5.32 Å². The summed E-state index contributed by atoms with van der Waals surface area (Å²) in [7, 11) is 0. The third-order valence-electron chi connectivity index (χ3n) is 3.20. The fourth-order valence-corrected chi connectivity index (χ4v) is 2.61. The van der Waals surface area contributed by atoms with Crippen LogP contribution in [0.15, 0.2) is 16.8 Å². The molecule has 0 aromatic carbocycles. The lowest BCUT2D eigenvalue weighted by Gasteiger charge is -2.24. The quantitative estimate of drug-likeness (QED) is 0.707. The normalized spacial score (nSPS) is 15.7. The molecule has 7 heteroatoms. The maximum Gasteiger partial charge on any atom is 0.326 e. The molecule has 1 fully saturated rings. The highest BCUT2D eigenvalue weighted by atomic mass is 32.1. The minimum Gasteiger partial charge on any atom is -0.480 e. The minimum atomic E-state index is -1.13. The number of urea groups is 1. The van der Waals surface area contributed by atoms with Crippen molar-refractivity contribution in [2.45, 2.75) is 37.9 Å². The van der Waals surface area contributed by atoms with Gasteiger partial charge in [0.05, 0.1) is 0 Å². The van der Waals surface area contributed by atoms with Gasteiger partial charge < -0.3 is 20.4 Å². The molecule has 2 amide bonds. The van der Waals surface area contributed by atoms with Crippen molar-refractivity contribution in [2.24, 2.45) is 0 Å². The topological polar surface area (TPSA) is 89.9 Å². The number of carboxylic acid groups (broad SMARTS) is 1. The van der Waals surface area contributed by atoms with Gasteiger partial charge in [0.1, 0.15) is 6.04 Å². The fourth-order valence-electron chi connectivity index (χ4n) is 1.95. The smallest absolute Gasteiger partial charge is 0.326 e.